The quantitative estimate of drug-likeness (QED) is 0.732. The third kappa shape index (κ3) is 5.52. The van der Waals surface area contributed by atoms with Gasteiger partial charge in [-0.15, -0.1) is 0 Å². The topological polar surface area (TPSA) is 30.5 Å². The average Bonchev–Trinajstić information content (AvgIpc) is 2.42. The summed E-state index contributed by atoms with van der Waals surface area (Å²) in [6, 6.07) is 8.72. The molecule has 18 heavy (non-hydrogen) atoms. The third-order valence-electron chi connectivity index (χ3n) is 2.96. The van der Waals surface area contributed by atoms with Gasteiger partial charge in [0.15, 0.2) is 0 Å². The van der Waals surface area contributed by atoms with Crippen LogP contribution in [0.3, 0.4) is 0 Å². The monoisotopic (exact) mass is 251 g/mol. The molecule has 1 aromatic rings. The van der Waals surface area contributed by atoms with Crippen LogP contribution in [-0.2, 0) is 11.2 Å². The molecule has 3 heteroatoms. The van der Waals surface area contributed by atoms with Gasteiger partial charge in [0.1, 0.15) is 5.75 Å². The number of rotatable bonds is 9. The Morgan fingerprint density at radius 2 is 1.89 bits per heavy atom. The van der Waals surface area contributed by atoms with E-state index in [2.05, 4.69) is 24.4 Å². The molecule has 1 aromatic carbocycles. The van der Waals surface area contributed by atoms with Gasteiger partial charge >= 0.3 is 0 Å². The maximum absolute atomic E-state index is 5.49. The highest BCUT2D eigenvalue weighted by molar-refractivity contribution is 5.27. The molecule has 0 bridgehead atoms. The summed E-state index contributed by atoms with van der Waals surface area (Å²) in [4.78, 5) is 0. The van der Waals surface area contributed by atoms with Crippen LogP contribution >= 0.6 is 0 Å². The normalized spacial score (nSPS) is 12.4. The number of aryl methyl sites for hydroxylation is 1. The second kappa shape index (κ2) is 8.95. The second-order valence-corrected chi connectivity index (χ2v) is 4.30. The van der Waals surface area contributed by atoms with E-state index in [-0.39, 0.29) is 0 Å². The Morgan fingerprint density at radius 1 is 1.17 bits per heavy atom. The van der Waals surface area contributed by atoms with E-state index in [0.717, 1.165) is 38.3 Å². The van der Waals surface area contributed by atoms with E-state index in [1.54, 1.807) is 7.11 Å². The molecular weight excluding hydrogens is 226 g/mol. The van der Waals surface area contributed by atoms with Crippen molar-refractivity contribution in [3.05, 3.63) is 29.8 Å². The Kier molecular flexibility index (Phi) is 7.46. The second-order valence-electron chi connectivity index (χ2n) is 4.30. The molecule has 1 rings (SSSR count). The SMILES string of the molecule is CCNC(CCc1ccc(OC)cc1)COCC. The highest BCUT2D eigenvalue weighted by atomic mass is 16.5. The van der Waals surface area contributed by atoms with Gasteiger partial charge in [-0.1, -0.05) is 19.1 Å². The van der Waals surface area contributed by atoms with Gasteiger partial charge in [0.05, 0.1) is 13.7 Å². The van der Waals surface area contributed by atoms with E-state index in [1.807, 2.05) is 19.1 Å². The first kappa shape index (κ1) is 15.0. The van der Waals surface area contributed by atoms with E-state index in [9.17, 15) is 0 Å². The highest BCUT2D eigenvalue weighted by Gasteiger charge is 2.07. The molecule has 0 spiro atoms. The van der Waals surface area contributed by atoms with Gasteiger partial charge < -0.3 is 14.8 Å². The molecule has 0 amide bonds. The van der Waals surface area contributed by atoms with Crippen LogP contribution in [0, 0.1) is 0 Å². The van der Waals surface area contributed by atoms with Crippen LogP contribution in [0.15, 0.2) is 24.3 Å². The summed E-state index contributed by atoms with van der Waals surface area (Å²) >= 11 is 0. The number of hydrogen-bond donors (Lipinski definition) is 1. The van der Waals surface area contributed by atoms with Crippen LogP contribution < -0.4 is 10.1 Å². The van der Waals surface area contributed by atoms with Crippen molar-refractivity contribution in [1.29, 1.82) is 0 Å². The number of nitrogens with one attached hydrogen (secondary N) is 1. The van der Waals surface area contributed by atoms with Crippen LogP contribution in [-0.4, -0.2) is 32.9 Å². The molecule has 0 heterocycles. The number of likely N-dealkylation sites (N-methyl/N-ethyl adjacent to an activating group) is 1. The Morgan fingerprint density at radius 3 is 2.44 bits per heavy atom. The van der Waals surface area contributed by atoms with E-state index in [0.29, 0.717) is 6.04 Å². The summed E-state index contributed by atoms with van der Waals surface area (Å²) in [6.07, 6.45) is 2.16. The molecule has 0 radical (unpaired) electrons. The van der Waals surface area contributed by atoms with Gasteiger partial charge in [0.25, 0.3) is 0 Å². The van der Waals surface area contributed by atoms with Crippen molar-refractivity contribution in [3.8, 4) is 5.75 Å². The van der Waals surface area contributed by atoms with Crippen molar-refractivity contribution in [2.75, 3.05) is 26.9 Å². The summed E-state index contributed by atoms with van der Waals surface area (Å²) in [5, 5.41) is 3.46. The Balaban J connectivity index is 2.39. The molecule has 1 unspecified atom stereocenters. The van der Waals surface area contributed by atoms with Gasteiger partial charge in [-0.05, 0) is 44.0 Å². The fourth-order valence-electron chi connectivity index (χ4n) is 1.93. The van der Waals surface area contributed by atoms with Crippen molar-refractivity contribution in [1.82, 2.24) is 5.32 Å². The summed E-state index contributed by atoms with van der Waals surface area (Å²) in [7, 11) is 1.69. The van der Waals surface area contributed by atoms with E-state index in [1.165, 1.54) is 5.56 Å². The summed E-state index contributed by atoms with van der Waals surface area (Å²) in [6.45, 7) is 6.73. The number of hydrogen-bond acceptors (Lipinski definition) is 3. The zero-order valence-corrected chi connectivity index (χ0v) is 11.7. The van der Waals surface area contributed by atoms with Crippen molar-refractivity contribution in [2.45, 2.75) is 32.7 Å². The minimum atomic E-state index is 0.442. The molecule has 0 saturated carbocycles. The van der Waals surface area contributed by atoms with Crippen LogP contribution in [0.2, 0.25) is 0 Å². The van der Waals surface area contributed by atoms with Crippen molar-refractivity contribution in [3.63, 3.8) is 0 Å². The molecular formula is C15H25NO2. The summed E-state index contributed by atoms with van der Waals surface area (Å²) in [5.41, 5.74) is 1.34. The lowest BCUT2D eigenvalue weighted by Crippen LogP contribution is -2.33. The summed E-state index contributed by atoms with van der Waals surface area (Å²) in [5.74, 6) is 0.913. The minimum absolute atomic E-state index is 0.442. The van der Waals surface area contributed by atoms with Crippen LogP contribution in [0.1, 0.15) is 25.8 Å². The number of benzene rings is 1. The van der Waals surface area contributed by atoms with Gasteiger partial charge in [-0.25, -0.2) is 0 Å². The molecule has 102 valence electrons. The molecule has 0 saturated heterocycles. The third-order valence-corrected chi connectivity index (χ3v) is 2.96. The molecule has 0 aliphatic heterocycles. The standard InChI is InChI=1S/C15H25NO2/c1-4-16-14(12-18-5-2)9-6-13-7-10-15(17-3)11-8-13/h7-8,10-11,14,16H,4-6,9,12H2,1-3H3. The molecule has 3 nitrogen and oxygen atoms in total. The fraction of sp³-hybridized carbons (Fsp3) is 0.600. The van der Waals surface area contributed by atoms with Crippen molar-refractivity contribution >= 4 is 0 Å². The minimum Gasteiger partial charge on any atom is -0.497 e. The lowest BCUT2D eigenvalue weighted by molar-refractivity contribution is 0.120. The predicted molar refractivity (Wildman–Crippen MR) is 75.3 cm³/mol. The zero-order chi connectivity index (χ0) is 13.2. The van der Waals surface area contributed by atoms with Crippen LogP contribution in [0.5, 0.6) is 5.75 Å². The largest absolute Gasteiger partial charge is 0.497 e. The van der Waals surface area contributed by atoms with E-state index in [4.69, 9.17) is 9.47 Å². The van der Waals surface area contributed by atoms with Crippen LogP contribution in [0.4, 0.5) is 0 Å². The molecule has 0 fully saturated rings. The smallest absolute Gasteiger partial charge is 0.118 e. The van der Waals surface area contributed by atoms with Gasteiger partial charge in [-0.3, -0.25) is 0 Å². The van der Waals surface area contributed by atoms with Gasteiger partial charge in [-0.2, -0.15) is 0 Å². The Labute approximate surface area is 110 Å². The molecule has 0 aliphatic rings. The van der Waals surface area contributed by atoms with E-state index < -0.39 is 0 Å². The van der Waals surface area contributed by atoms with Crippen molar-refractivity contribution in [2.24, 2.45) is 0 Å². The summed E-state index contributed by atoms with van der Waals surface area (Å²) < 4.78 is 10.6. The highest BCUT2D eigenvalue weighted by Crippen LogP contribution is 2.13. The van der Waals surface area contributed by atoms with E-state index >= 15 is 0 Å². The lowest BCUT2D eigenvalue weighted by Gasteiger charge is -2.17. The first-order valence-corrected chi connectivity index (χ1v) is 6.74. The first-order chi connectivity index (χ1) is 8.80. The molecule has 0 aromatic heterocycles. The van der Waals surface area contributed by atoms with Crippen LogP contribution in [0.25, 0.3) is 0 Å². The number of methoxy groups -OCH3 is 1. The van der Waals surface area contributed by atoms with Gasteiger partial charge in [0.2, 0.25) is 0 Å². The maximum Gasteiger partial charge on any atom is 0.118 e. The molecule has 1 atom stereocenters. The first-order valence-electron chi connectivity index (χ1n) is 6.74. The molecule has 0 aliphatic carbocycles. The maximum atomic E-state index is 5.49. The Bertz CT molecular complexity index is 311. The lowest BCUT2D eigenvalue weighted by atomic mass is 10.1. The van der Waals surface area contributed by atoms with Gasteiger partial charge in [0, 0.05) is 12.6 Å². The Hall–Kier alpha value is -1.06. The molecule has 1 N–H and O–H groups in total. The predicted octanol–water partition coefficient (Wildman–Crippen LogP) is 2.64. The fourth-order valence-corrected chi connectivity index (χ4v) is 1.93. The average molecular weight is 251 g/mol. The number of ether oxygens (including phenoxy) is 2. The zero-order valence-electron chi connectivity index (χ0n) is 11.7. The van der Waals surface area contributed by atoms with Crippen molar-refractivity contribution < 1.29 is 9.47 Å².